The fourth-order valence-electron chi connectivity index (χ4n) is 6.34. The normalized spacial score (nSPS) is 28.0. The van der Waals surface area contributed by atoms with Crippen molar-refractivity contribution in [1.29, 1.82) is 0 Å². The van der Waals surface area contributed by atoms with Crippen molar-refractivity contribution in [3.63, 3.8) is 0 Å². The van der Waals surface area contributed by atoms with Gasteiger partial charge >= 0.3 is 12.1 Å². The van der Waals surface area contributed by atoms with Gasteiger partial charge in [-0.2, -0.15) is 0 Å². The fourth-order valence-corrected chi connectivity index (χ4v) is 6.34. The molecule has 0 spiro atoms. The van der Waals surface area contributed by atoms with Crippen molar-refractivity contribution in [3.05, 3.63) is 0 Å². The van der Waals surface area contributed by atoms with Crippen molar-refractivity contribution < 1.29 is 33.4 Å². The van der Waals surface area contributed by atoms with Crippen LogP contribution in [0.25, 0.3) is 0 Å². The van der Waals surface area contributed by atoms with E-state index in [0.717, 1.165) is 6.42 Å². The van der Waals surface area contributed by atoms with Crippen LogP contribution < -0.4 is 16.0 Å². The van der Waals surface area contributed by atoms with E-state index in [-0.39, 0.29) is 41.0 Å². The van der Waals surface area contributed by atoms with Gasteiger partial charge in [0.05, 0.1) is 7.11 Å². The number of methoxy groups -OCH3 is 1. The molecule has 11 heteroatoms. The lowest BCUT2D eigenvalue weighted by molar-refractivity contribution is -0.148. The van der Waals surface area contributed by atoms with E-state index in [1.807, 2.05) is 34.6 Å². The van der Waals surface area contributed by atoms with Crippen LogP contribution in [0.1, 0.15) is 88.5 Å². The maximum atomic E-state index is 14.0. The molecular weight excluding hydrogens is 528 g/mol. The Morgan fingerprint density at radius 1 is 1.05 bits per heavy atom. The van der Waals surface area contributed by atoms with Crippen molar-refractivity contribution in [1.82, 2.24) is 20.9 Å². The summed E-state index contributed by atoms with van der Waals surface area (Å²) in [5, 5.41) is 8.54. The summed E-state index contributed by atoms with van der Waals surface area (Å²) in [7, 11) is 1.24. The van der Waals surface area contributed by atoms with Crippen LogP contribution in [0.4, 0.5) is 4.79 Å². The standard InChI is InChI=1S/C30H50N4O7/c1-27(2,3)21(32-26(39)41-28(4,5)6)24(37)34-15-17-19(30(17,9)10)20(34)23(36)31-18(25(38)40-11)14-16-12-13-29(7,8)33-22(16)35/h16-21H,12-15H2,1-11H3,(H,31,36)(H,32,39)(H,33,35)/t16?,17-,18-,19-,20-,21+/m0/s1. The quantitative estimate of drug-likeness (QED) is 0.394. The molecule has 1 saturated carbocycles. The Bertz CT molecular complexity index is 1070. The summed E-state index contributed by atoms with van der Waals surface area (Å²) in [5.74, 6) is -2.10. The third kappa shape index (κ3) is 7.33. The first-order valence-electron chi connectivity index (χ1n) is 14.6. The largest absolute Gasteiger partial charge is 0.467 e. The minimum absolute atomic E-state index is 0.100. The maximum Gasteiger partial charge on any atom is 0.408 e. The van der Waals surface area contributed by atoms with Gasteiger partial charge in [-0.05, 0) is 76.5 Å². The molecule has 4 amide bonds. The Morgan fingerprint density at radius 2 is 1.66 bits per heavy atom. The first-order valence-corrected chi connectivity index (χ1v) is 14.6. The molecule has 2 saturated heterocycles. The van der Waals surface area contributed by atoms with Crippen LogP contribution >= 0.6 is 0 Å². The molecule has 11 nitrogen and oxygen atoms in total. The molecule has 3 rings (SSSR count). The third-order valence-corrected chi connectivity index (χ3v) is 8.81. The predicted octanol–water partition coefficient (Wildman–Crippen LogP) is 2.76. The molecule has 41 heavy (non-hydrogen) atoms. The molecule has 1 unspecified atom stereocenters. The number of hydrogen-bond acceptors (Lipinski definition) is 7. The van der Waals surface area contributed by atoms with E-state index < -0.39 is 53.0 Å². The van der Waals surface area contributed by atoms with Gasteiger partial charge in [-0.15, -0.1) is 0 Å². The number of esters is 1. The second kappa shape index (κ2) is 11.1. The first kappa shape index (κ1) is 32.7. The number of alkyl carbamates (subject to hydrolysis) is 1. The zero-order valence-corrected chi connectivity index (χ0v) is 26.6. The van der Waals surface area contributed by atoms with Gasteiger partial charge in [-0.25, -0.2) is 9.59 Å². The van der Waals surface area contributed by atoms with Crippen LogP contribution in [0, 0.1) is 28.6 Å². The smallest absolute Gasteiger partial charge is 0.408 e. The number of carbonyl (C=O) groups is 5. The van der Waals surface area contributed by atoms with E-state index in [9.17, 15) is 24.0 Å². The van der Waals surface area contributed by atoms with Gasteiger partial charge < -0.3 is 30.3 Å². The summed E-state index contributed by atoms with van der Waals surface area (Å²) >= 11 is 0. The number of amides is 4. The molecule has 2 aliphatic heterocycles. The summed E-state index contributed by atoms with van der Waals surface area (Å²) in [6.45, 7) is 19.1. The highest BCUT2D eigenvalue weighted by molar-refractivity contribution is 5.95. The Hall–Kier alpha value is -2.85. The number of ether oxygens (including phenoxy) is 2. The van der Waals surface area contributed by atoms with Crippen LogP contribution in [-0.2, 0) is 28.7 Å². The summed E-state index contributed by atoms with van der Waals surface area (Å²) in [4.78, 5) is 67.6. The Kier molecular flexibility index (Phi) is 8.84. The zero-order valence-electron chi connectivity index (χ0n) is 26.6. The average Bonchev–Trinajstić information content (AvgIpc) is 3.13. The summed E-state index contributed by atoms with van der Waals surface area (Å²) in [6.07, 6.45) is 0.713. The summed E-state index contributed by atoms with van der Waals surface area (Å²) < 4.78 is 10.4. The lowest BCUT2D eigenvalue weighted by Crippen LogP contribution is -2.60. The highest BCUT2D eigenvalue weighted by Gasteiger charge is 2.70. The minimum Gasteiger partial charge on any atom is -0.467 e. The minimum atomic E-state index is -1.04. The SMILES string of the molecule is COC(=O)[C@H](CC1CCC(C)(C)NC1=O)NC(=O)[C@@H]1[C@@H]2[C@H](CN1C(=O)[C@@H](NC(=O)OC(C)(C)C)C(C)(C)C)C2(C)C. The number of likely N-dealkylation sites (tertiary alicyclic amines) is 1. The molecule has 0 aromatic rings. The van der Waals surface area contributed by atoms with Crippen molar-refractivity contribution in [3.8, 4) is 0 Å². The Balaban J connectivity index is 1.83. The van der Waals surface area contributed by atoms with Gasteiger partial charge in [0.25, 0.3) is 0 Å². The molecule has 2 heterocycles. The predicted molar refractivity (Wildman–Crippen MR) is 152 cm³/mol. The molecule has 0 radical (unpaired) electrons. The molecule has 3 aliphatic rings. The van der Waals surface area contributed by atoms with E-state index in [2.05, 4.69) is 29.8 Å². The van der Waals surface area contributed by atoms with Crippen LogP contribution in [0.15, 0.2) is 0 Å². The second-order valence-corrected chi connectivity index (χ2v) is 15.3. The van der Waals surface area contributed by atoms with Crippen LogP contribution in [-0.4, -0.2) is 77.6 Å². The second-order valence-electron chi connectivity index (χ2n) is 15.3. The van der Waals surface area contributed by atoms with Gasteiger partial charge in [0.15, 0.2) is 0 Å². The molecule has 0 aromatic carbocycles. The Morgan fingerprint density at radius 3 is 2.17 bits per heavy atom. The molecule has 0 aromatic heterocycles. The van der Waals surface area contributed by atoms with E-state index in [0.29, 0.717) is 13.0 Å². The summed E-state index contributed by atoms with van der Waals surface area (Å²) in [6, 6.07) is -2.82. The van der Waals surface area contributed by atoms with Crippen LogP contribution in [0.5, 0.6) is 0 Å². The van der Waals surface area contributed by atoms with Crippen molar-refractivity contribution in [2.75, 3.05) is 13.7 Å². The monoisotopic (exact) mass is 578 g/mol. The van der Waals surface area contributed by atoms with Crippen LogP contribution in [0.2, 0.25) is 0 Å². The van der Waals surface area contributed by atoms with E-state index in [1.165, 1.54) is 12.0 Å². The fraction of sp³-hybridized carbons (Fsp3) is 0.833. The highest BCUT2D eigenvalue weighted by atomic mass is 16.6. The van der Waals surface area contributed by atoms with E-state index in [4.69, 9.17) is 9.47 Å². The van der Waals surface area contributed by atoms with Gasteiger partial charge in [0.2, 0.25) is 17.7 Å². The van der Waals surface area contributed by atoms with Crippen molar-refractivity contribution in [2.45, 2.75) is 118 Å². The van der Waals surface area contributed by atoms with Crippen molar-refractivity contribution >= 4 is 29.8 Å². The van der Waals surface area contributed by atoms with Gasteiger partial charge in [-0.3, -0.25) is 14.4 Å². The number of fused-ring (bicyclic) bond motifs is 1. The van der Waals surface area contributed by atoms with Gasteiger partial charge in [-0.1, -0.05) is 34.6 Å². The Labute approximate surface area is 244 Å². The average molecular weight is 579 g/mol. The summed E-state index contributed by atoms with van der Waals surface area (Å²) in [5.41, 5.74) is -1.91. The van der Waals surface area contributed by atoms with Crippen LogP contribution in [0.3, 0.4) is 0 Å². The number of rotatable bonds is 7. The number of nitrogens with zero attached hydrogens (tertiary/aromatic N) is 1. The van der Waals surface area contributed by atoms with Crippen molar-refractivity contribution in [2.24, 2.45) is 28.6 Å². The molecule has 3 fully saturated rings. The zero-order chi connectivity index (χ0) is 31.3. The molecular formula is C30H50N4O7. The topological polar surface area (TPSA) is 143 Å². The van der Waals surface area contributed by atoms with Gasteiger partial charge in [0, 0.05) is 18.0 Å². The lowest BCUT2D eigenvalue weighted by Gasteiger charge is -2.38. The third-order valence-electron chi connectivity index (χ3n) is 8.81. The van der Waals surface area contributed by atoms with Gasteiger partial charge in [0.1, 0.15) is 23.7 Å². The lowest BCUT2D eigenvalue weighted by atomic mass is 9.83. The number of hydrogen-bond donors (Lipinski definition) is 3. The molecule has 6 atom stereocenters. The number of nitrogens with one attached hydrogen (secondary N) is 3. The number of carbonyl (C=O) groups excluding carboxylic acids is 5. The number of piperidine rings is 2. The maximum absolute atomic E-state index is 14.0. The molecule has 0 bridgehead atoms. The first-order chi connectivity index (χ1) is 18.6. The van der Waals surface area contributed by atoms with E-state index in [1.54, 1.807) is 20.8 Å². The highest BCUT2D eigenvalue weighted by Crippen LogP contribution is 2.65. The molecule has 232 valence electrons. The van der Waals surface area contributed by atoms with E-state index >= 15 is 0 Å². The molecule has 1 aliphatic carbocycles. The molecule has 3 N–H and O–H groups in total.